The Hall–Kier alpha value is -0.980. The van der Waals surface area contributed by atoms with Crippen LogP contribution in [0.4, 0.5) is 4.39 Å². The number of halogens is 1. The van der Waals surface area contributed by atoms with Crippen LogP contribution in [0.15, 0.2) is 29.2 Å². The molecule has 4 nitrogen and oxygen atoms in total. The Morgan fingerprint density at radius 2 is 1.89 bits per heavy atom. The molecule has 0 fully saturated rings. The first-order valence-electron chi connectivity index (χ1n) is 5.75. The molecule has 0 saturated heterocycles. The Bertz CT molecular complexity index is 515. The van der Waals surface area contributed by atoms with Crippen molar-refractivity contribution in [2.24, 2.45) is 5.73 Å². The van der Waals surface area contributed by atoms with Crippen molar-refractivity contribution < 1.29 is 12.8 Å². The maximum atomic E-state index is 13.6. The van der Waals surface area contributed by atoms with E-state index in [0.717, 1.165) is 6.07 Å². The Labute approximate surface area is 108 Å². The summed E-state index contributed by atoms with van der Waals surface area (Å²) in [7, 11) is -3.87. The van der Waals surface area contributed by atoms with Gasteiger partial charge in [0.05, 0.1) is 0 Å². The van der Waals surface area contributed by atoms with Crippen LogP contribution in [0.25, 0.3) is 0 Å². The summed E-state index contributed by atoms with van der Waals surface area (Å²) in [4.78, 5) is -0.312. The molecule has 0 aliphatic rings. The van der Waals surface area contributed by atoms with Crippen LogP contribution in [0.5, 0.6) is 0 Å². The highest BCUT2D eigenvalue weighted by Crippen LogP contribution is 2.25. The third kappa shape index (κ3) is 2.71. The van der Waals surface area contributed by atoms with Crippen LogP contribution in [0.1, 0.15) is 20.8 Å². The van der Waals surface area contributed by atoms with E-state index in [0.29, 0.717) is 0 Å². The number of rotatable bonds is 5. The highest BCUT2D eigenvalue weighted by molar-refractivity contribution is 7.89. The normalized spacial score (nSPS) is 13.0. The van der Waals surface area contributed by atoms with E-state index in [-0.39, 0.29) is 18.0 Å². The van der Waals surface area contributed by atoms with Crippen LogP contribution in [0.3, 0.4) is 0 Å². The summed E-state index contributed by atoms with van der Waals surface area (Å²) in [6.07, 6.45) is 0. The largest absolute Gasteiger partial charge is 0.329 e. The number of nitrogens with two attached hydrogens (primary N) is 1. The minimum atomic E-state index is -3.87. The van der Waals surface area contributed by atoms with Gasteiger partial charge in [0.2, 0.25) is 10.0 Å². The molecule has 1 aromatic rings. The number of likely N-dealkylation sites (N-methyl/N-ethyl adjacent to an activating group) is 1. The Morgan fingerprint density at radius 1 is 1.33 bits per heavy atom. The van der Waals surface area contributed by atoms with Gasteiger partial charge in [0.1, 0.15) is 10.7 Å². The number of hydrogen-bond acceptors (Lipinski definition) is 3. The second-order valence-electron chi connectivity index (χ2n) is 4.62. The van der Waals surface area contributed by atoms with Crippen molar-refractivity contribution in [3.8, 4) is 0 Å². The minimum Gasteiger partial charge on any atom is -0.329 e. The van der Waals surface area contributed by atoms with Gasteiger partial charge in [-0.1, -0.05) is 19.1 Å². The molecule has 1 aromatic carbocycles. The van der Waals surface area contributed by atoms with E-state index in [1.807, 2.05) is 0 Å². The molecule has 0 amide bonds. The molecule has 0 unspecified atom stereocenters. The molecular formula is C12H19FN2O2S. The van der Waals surface area contributed by atoms with Crippen LogP contribution in [-0.4, -0.2) is 31.4 Å². The molecule has 2 N–H and O–H groups in total. The molecule has 0 bridgehead atoms. The lowest BCUT2D eigenvalue weighted by Gasteiger charge is -2.35. The van der Waals surface area contributed by atoms with E-state index in [1.165, 1.54) is 22.5 Å². The van der Waals surface area contributed by atoms with E-state index in [2.05, 4.69) is 0 Å². The van der Waals surface area contributed by atoms with Gasteiger partial charge in [-0.25, -0.2) is 12.8 Å². The summed E-state index contributed by atoms with van der Waals surface area (Å²) in [5, 5.41) is 0. The average Bonchev–Trinajstić information content (AvgIpc) is 2.29. The number of nitrogens with zero attached hydrogens (tertiary/aromatic N) is 1. The van der Waals surface area contributed by atoms with Gasteiger partial charge in [-0.15, -0.1) is 0 Å². The second kappa shape index (κ2) is 5.34. The maximum Gasteiger partial charge on any atom is 0.246 e. The van der Waals surface area contributed by atoms with Crippen molar-refractivity contribution >= 4 is 10.0 Å². The summed E-state index contributed by atoms with van der Waals surface area (Å²) >= 11 is 0. The van der Waals surface area contributed by atoms with Crippen LogP contribution in [0, 0.1) is 5.82 Å². The van der Waals surface area contributed by atoms with Crippen molar-refractivity contribution in [1.82, 2.24) is 4.31 Å². The topological polar surface area (TPSA) is 63.4 Å². The summed E-state index contributed by atoms with van der Waals surface area (Å²) in [5.74, 6) is -0.747. The predicted molar refractivity (Wildman–Crippen MR) is 69.1 cm³/mol. The van der Waals surface area contributed by atoms with E-state index < -0.39 is 21.4 Å². The van der Waals surface area contributed by atoms with Gasteiger partial charge in [0.15, 0.2) is 0 Å². The van der Waals surface area contributed by atoms with Crippen LogP contribution < -0.4 is 5.73 Å². The highest BCUT2D eigenvalue weighted by Gasteiger charge is 2.36. The number of hydrogen-bond donors (Lipinski definition) is 1. The first-order chi connectivity index (χ1) is 8.27. The molecule has 18 heavy (non-hydrogen) atoms. The fraction of sp³-hybridized carbons (Fsp3) is 0.500. The predicted octanol–water partition coefficient (Wildman–Crippen LogP) is 1.57. The minimum absolute atomic E-state index is 0.161. The van der Waals surface area contributed by atoms with Crippen molar-refractivity contribution in [3.05, 3.63) is 30.1 Å². The SMILES string of the molecule is CCN(C(C)(C)CN)S(=O)(=O)c1ccccc1F. The van der Waals surface area contributed by atoms with Crippen LogP contribution in [0.2, 0.25) is 0 Å². The van der Waals surface area contributed by atoms with Gasteiger partial charge in [-0.2, -0.15) is 4.31 Å². The zero-order valence-electron chi connectivity index (χ0n) is 10.9. The van der Waals surface area contributed by atoms with Crippen LogP contribution >= 0.6 is 0 Å². The van der Waals surface area contributed by atoms with Gasteiger partial charge in [-0.3, -0.25) is 0 Å². The molecule has 102 valence electrons. The summed E-state index contributed by atoms with van der Waals surface area (Å²) in [5.41, 5.74) is 4.84. The third-order valence-electron chi connectivity index (χ3n) is 2.87. The lowest BCUT2D eigenvalue weighted by Crippen LogP contribution is -2.52. The molecule has 0 aliphatic heterocycles. The lowest BCUT2D eigenvalue weighted by atomic mass is 10.1. The Kier molecular flexibility index (Phi) is 4.47. The fourth-order valence-electron chi connectivity index (χ4n) is 1.80. The highest BCUT2D eigenvalue weighted by atomic mass is 32.2. The van der Waals surface area contributed by atoms with E-state index >= 15 is 0 Å². The van der Waals surface area contributed by atoms with Gasteiger partial charge in [0.25, 0.3) is 0 Å². The number of benzene rings is 1. The van der Waals surface area contributed by atoms with Crippen molar-refractivity contribution in [1.29, 1.82) is 0 Å². The van der Waals surface area contributed by atoms with Gasteiger partial charge < -0.3 is 5.73 Å². The Balaban J connectivity index is 3.33. The molecule has 0 aromatic heterocycles. The standard InChI is InChI=1S/C12H19FN2O2S/c1-4-15(12(2,3)9-14)18(16,17)11-8-6-5-7-10(11)13/h5-8H,4,9,14H2,1-3H3. The summed E-state index contributed by atoms with van der Waals surface area (Å²) in [6.45, 7) is 5.54. The van der Waals surface area contributed by atoms with Gasteiger partial charge in [0, 0.05) is 18.6 Å². The van der Waals surface area contributed by atoms with Crippen LogP contribution in [-0.2, 0) is 10.0 Å². The molecule has 0 atom stereocenters. The van der Waals surface area contributed by atoms with Crippen molar-refractivity contribution in [3.63, 3.8) is 0 Å². The average molecular weight is 274 g/mol. The van der Waals surface area contributed by atoms with Gasteiger partial charge in [-0.05, 0) is 26.0 Å². The van der Waals surface area contributed by atoms with Crippen molar-refractivity contribution in [2.75, 3.05) is 13.1 Å². The summed E-state index contributed by atoms with van der Waals surface area (Å²) < 4.78 is 39.7. The molecule has 0 aliphatic carbocycles. The molecule has 0 heterocycles. The molecule has 0 saturated carbocycles. The molecule has 1 rings (SSSR count). The molecular weight excluding hydrogens is 255 g/mol. The van der Waals surface area contributed by atoms with E-state index in [9.17, 15) is 12.8 Å². The lowest BCUT2D eigenvalue weighted by molar-refractivity contribution is 0.243. The maximum absolute atomic E-state index is 13.6. The zero-order valence-corrected chi connectivity index (χ0v) is 11.7. The quantitative estimate of drug-likeness (QED) is 0.886. The molecule has 0 radical (unpaired) electrons. The number of sulfonamides is 1. The smallest absolute Gasteiger partial charge is 0.246 e. The molecule has 0 spiro atoms. The summed E-state index contributed by atoms with van der Waals surface area (Å²) in [6, 6.07) is 5.36. The van der Waals surface area contributed by atoms with E-state index in [1.54, 1.807) is 20.8 Å². The van der Waals surface area contributed by atoms with Gasteiger partial charge >= 0.3 is 0 Å². The molecule has 6 heteroatoms. The Morgan fingerprint density at radius 3 is 2.33 bits per heavy atom. The third-order valence-corrected chi connectivity index (χ3v) is 5.09. The first-order valence-corrected chi connectivity index (χ1v) is 7.19. The van der Waals surface area contributed by atoms with E-state index in [4.69, 9.17) is 5.73 Å². The fourth-order valence-corrected chi connectivity index (χ4v) is 3.67. The van der Waals surface area contributed by atoms with Crippen molar-refractivity contribution in [2.45, 2.75) is 31.2 Å². The monoisotopic (exact) mass is 274 g/mol. The first kappa shape index (κ1) is 15.1. The second-order valence-corrected chi connectivity index (χ2v) is 6.45. The zero-order chi connectivity index (χ0) is 14.0.